The number of benzene rings is 4. The van der Waals surface area contributed by atoms with Crippen LogP contribution in [0.25, 0.3) is 10.9 Å². The molecule has 4 aromatic carbocycles. The number of aliphatic hydroxyl groups is 1. The van der Waals surface area contributed by atoms with E-state index in [2.05, 4.69) is 37.0 Å². The Morgan fingerprint density at radius 3 is 2.44 bits per heavy atom. The highest BCUT2D eigenvalue weighted by Gasteiger charge is 2.50. The second-order valence-corrected chi connectivity index (χ2v) is 15.3. The number of hydrogen-bond donors (Lipinski definition) is 3. The Kier molecular flexibility index (Phi) is 9.41. The van der Waals surface area contributed by atoms with Gasteiger partial charge in [0.25, 0.3) is 10.0 Å². The van der Waals surface area contributed by atoms with Crippen molar-refractivity contribution in [2.75, 3.05) is 35.9 Å². The fourth-order valence-electron chi connectivity index (χ4n) is 7.71. The SMILES string of the molecule is O=C1NCN(c2ccccc2)C12CCN(C[C@@H]1C[C@H](c3ccc(CO)cc3)OC(c3cccc(NS(=O)(=O)c4cccc5cccnc45)c3)O1)CC2. The monoisotopic (exact) mass is 719 g/mol. The van der Waals surface area contributed by atoms with Crippen LogP contribution in [0.15, 0.2) is 120 Å². The molecule has 3 fully saturated rings. The average molecular weight is 720 g/mol. The zero-order chi connectivity index (χ0) is 35.7. The van der Waals surface area contributed by atoms with E-state index in [0.717, 1.165) is 35.3 Å². The third-order valence-corrected chi connectivity index (χ3v) is 11.9. The van der Waals surface area contributed by atoms with Crippen LogP contribution in [0.5, 0.6) is 0 Å². The zero-order valence-electron chi connectivity index (χ0n) is 28.6. The molecule has 1 amide bonds. The second kappa shape index (κ2) is 14.3. The van der Waals surface area contributed by atoms with Crippen LogP contribution < -0.4 is 14.9 Å². The lowest BCUT2D eigenvalue weighted by Gasteiger charge is -2.45. The Balaban J connectivity index is 1.01. The molecule has 0 bridgehead atoms. The lowest BCUT2D eigenvalue weighted by molar-refractivity contribution is -0.253. The number of aromatic nitrogens is 1. The number of pyridine rings is 1. The molecule has 5 aromatic rings. The summed E-state index contributed by atoms with van der Waals surface area (Å²) < 4.78 is 43.2. The molecule has 1 spiro atoms. The van der Waals surface area contributed by atoms with Crippen molar-refractivity contribution in [2.45, 2.75) is 54.8 Å². The molecule has 11 nitrogen and oxygen atoms in total. The van der Waals surface area contributed by atoms with Crippen LogP contribution in [0, 0.1) is 0 Å². The minimum atomic E-state index is -3.97. The van der Waals surface area contributed by atoms with Crippen LogP contribution in [0.2, 0.25) is 0 Å². The van der Waals surface area contributed by atoms with Crippen molar-refractivity contribution < 1.29 is 27.8 Å². The summed E-state index contributed by atoms with van der Waals surface area (Å²) in [5, 5.41) is 13.4. The lowest BCUT2D eigenvalue weighted by atomic mass is 9.85. The van der Waals surface area contributed by atoms with E-state index in [0.29, 0.717) is 49.2 Å². The number of para-hydroxylation sites is 2. The minimum absolute atomic E-state index is 0.0477. The molecule has 8 rings (SSSR count). The average Bonchev–Trinajstić information content (AvgIpc) is 3.49. The number of piperidine rings is 1. The summed E-state index contributed by atoms with van der Waals surface area (Å²) in [4.78, 5) is 22.2. The summed E-state index contributed by atoms with van der Waals surface area (Å²) in [5.74, 6) is 0.0805. The van der Waals surface area contributed by atoms with E-state index in [1.54, 1.807) is 42.6 Å². The number of aliphatic hydroxyl groups excluding tert-OH is 1. The molecule has 1 unspecified atom stereocenters. The first-order valence-electron chi connectivity index (χ1n) is 17.6. The summed E-state index contributed by atoms with van der Waals surface area (Å²) in [6.07, 6.45) is 2.30. The van der Waals surface area contributed by atoms with Crippen molar-refractivity contribution in [3.63, 3.8) is 0 Å². The van der Waals surface area contributed by atoms with Crippen LogP contribution in [0.1, 0.15) is 48.3 Å². The van der Waals surface area contributed by atoms with E-state index in [9.17, 15) is 18.3 Å². The molecule has 3 atom stereocenters. The van der Waals surface area contributed by atoms with Gasteiger partial charge in [0.2, 0.25) is 5.91 Å². The molecule has 0 radical (unpaired) electrons. The van der Waals surface area contributed by atoms with Gasteiger partial charge in [-0.15, -0.1) is 0 Å². The summed E-state index contributed by atoms with van der Waals surface area (Å²) in [5.41, 5.74) is 3.69. The van der Waals surface area contributed by atoms with Crippen molar-refractivity contribution in [2.24, 2.45) is 0 Å². The fraction of sp³-hybridized carbons (Fsp3) is 0.300. The van der Waals surface area contributed by atoms with Gasteiger partial charge >= 0.3 is 0 Å². The molecule has 3 aliphatic heterocycles. The predicted molar refractivity (Wildman–Crippen MR) is 198 cm³/mol. The quantitative estimate of drug-likeness (QED) is 0.181. The van der Waals surface area contributed by atoms with Crippen LogP contribution in [-0.2, 0) is 30.9 Å². The van der Waals surface area contributed by atoms with Crippen LogP contribution in [-0.4, -0.2) is 67.3 Å². The highest BCUT2D eigenvalue weighted by atomic mass is 32.2. The number of likely N-dealkylation sites (tertiary alicyclic amines) is 1. The van der Waals surface area contributed by atoms with Gasteiger partial charge in [-0.2, -0.15) is 0 Å². The third-order valence-electron chi connectivity index (χ3n) is 10.5. The number of anilines is 2. The van der Waals surface area contributed by atoms with Crippen molar-refractivity contribution in [1.29, 1.82) is 0 Å². The number of hydrogen-bond acceptors (Lipinski definition) is 9. The molecule has 3 saturated heterocycles. The van der Waals surface area contributed by atoms with Gasteiger partial charge in [0.1, 0.15) is 10.4 Å². The largest absolute Gasteiger partial charge is 0.392 e. The Hall–Kier alpha value is -4.85. The summed E-state index contributed by atoms with van der Waals surface area (Å²) >= 11 is 0. The van der Waals surface area contributed by atoms with Gasteiger partial charge < -0.3 is 29.7 Å². The van der Waals surface area contributed by atoms with Crippen molar-refractivity contribution in [3.8, 4) is 0 Å². The van der Waals surface area contributed by atoms with Gasteiger partial charge in [0.05, 0.1) is 31.0 Å². The smallest absolute Gasteiger partial charge is 0.264 e. The topological polar surface area (TPSA) is 133 Å². The highest BCUT2D eigenvalue weighted by molar-refractivity contribution is 7.93. The Bertz CT molecular complexity index is 2150. The summed E-state index contributed by atoms with van der Waals surface area (Å²) in [6, 6.07) is 33.6. The first-order chi connectivity index (χ1) is 25.3. The summed E-state index contributed by atoms with van der Waals surface area (Å²) in [7, 11) is -3.97. The Labute approximate surface area is 303 Å². The number of ether oxygens (including phenoxy) is 2. The van der Waals surface area contributed by atoms with E-state index in [1.165, 1.54) is 0 Å². The van der Waals surface area contributed by atoms with Crippen LogP contribution in [0.4, 0.5) is 11.4 Å². The first kappa shape index (κ1) is 34.2. The van der Waals surface area contributed by atoms with E-state index in [1.807, 2.05) is 60.7 Å². The van der Waals surface area contributed by atoms with Crippen LogP contribution in [0.3, 0.4) is 0 Å². The number of fused-ring (bicyclic) bond motifs is 1. The normalized spacial score (nSPS) is 22.1. The molecule has 0 aliphatic carbocycles. The van der Waals surface area contributed by atoms with Crippen molar-refractivity contribution in [1.82, 2.24) is 15.2 Å². The Morgan fingerprint density at radius 2 is 1.65 bits per heavy atom. The number of carbonyl (C=O) groups is 1. The first-order valence-corrected chi connectivity index (χ1v) is 19.1. The zero-order valence-corrected chi connectivity index (χ0v) is 29.4. The molecule has 52 heavy (non-hydrogen) atoms. The highest BCUT2D eigenvalue weighted by Crippen LogP contribution is 2.41. The van der Waals surface area contributed by atoms with Gasteiger partial charge in [-0.3, -0.25) is 14.5 Å². The van der Waals surface area contributed by atoms with Gasteiger partial charge in [-0.1, -0.05) is 72.8 Å². The van der Waals surface area contributed by atoms with Crippen molar-refractivity contribution >= 4 is 38.2 Å². The number of rotatable bonds is 9. The molecule has 268 valence electrons. The summed E-state index contributed by atoms with van der Waals surface area (Å²) in [6.45, 7) is 2.57. The third kappa shape index (κ3) is 6.75. The molecular weight excluding hydrogens is 679 g/mol. The number of nitrogens with one attached hydrogen (secondary N) is 2. The molecule has 3 N–H and O–H groups in total. The number of sulfonamides is 1. The Morgan fingerprint density at radius 1 is 0.885 bits per heavy atom. The van der Waals surface area contributed by atoms with E-state index in [-0.39, 0.29) is 29.6 Å². The minimum Gasteiger partial charge on any atom is -0.392 e. The maximum atomic E-state index is 13.6. The maximum absolute atomic E-state index is 13.6. The standard InChI is InChI=1S/C40H41N5O6S/c46-26-28-14-16-29(17-15-28)35-24-34(25-44-21-18-40(19-22-44)39(47)42-27-45(40)33-11-2-1-3-12-33)50-38(51-35)31-8-4-10-32(23-31)43-52(48,49)36-13-5-7-30-9-6-20-41-37(30)36/h1-17,20,23,34-35,38,43,46H,18-19,21-22,24-27H2,(H,42,47)/t34-,35+,38?/m0/s1. The van der Waals surface area contributed by atoms with Gasteiger partial charge in [0.15, 0.2) is 6.29 Å². The molecule has 0 saturated carbocycles. The fourth-order valence-corrected chi connectivity index (χ4v) is 8.94. The number of amides is 1. The maximum Gasteiger partial charge on any atom is 0.264 e. The lowest BCUT2D eigenvalue weighted by Crippen LogP contribution is -2.57. The molecule has 3 aliphatic rings. The van der Waals surface area contributed by atoms with Crippen LogP contribution >= 0.6 is 0 Å². The molecule has 12 heteroatoms. The second-order valence-electron chi connectivity index (χ2n) is 13.7. The van der Waals surface area contributed by atoms with E-state index < -0.39 is 21.9 Å². The van der Waals surface area contributed by atoms with Crippen molar-refractivity contribution in [3.05, 3.63) is 132 Å². The van der Waals surface area contributed by atoms with Gasteiger partial charge in [-0.25, -0.2) is 8.42 Å². The van der Waals surface area contributed by atoms with E-state index >= 15 is 0 Å². The van der Waals surface area contributed by atoms with E-state index in [4.69, 9.17) is 9.47 Å². The molecule has 1 aromatic heterocycles. The van der Waals surface area contributed by atoms with Gasteiger partial charge in [0, 0.05) is 54.6 Å². The molecule has 4 heterocycles. The number of nitrogens with zero attached hydrogens (tertiary/aromatic N) is 3. The molecular formula is C40H41N5O6S. The number of carbonyl (C=O) groups excluding carboxylic acids is 1. The predicted octanol–water partition coefficient (Wildman–Crippen LogP) is 5.50. The van der Waals surface area contributed by atoms with Gasteiger partial charge in [-0.05, 0) is 60.4 Å².